The molecule has 1 fully saturated rings. The Kier molecular flexibility index (Phi) is 5.89. The molecule has 0 bridgehead atoms. The number of amides is 1. The van der Waals surface area contributed by atoms with E-state index in [9.17, 15) is 19.7 Å². The van der Waals surface area contributed by atoms with Gasteiger partial charge in [-0.2, -0.15) is 5.10 Å². The summed E-state index contributed by atoms with van der Waals surface area (Å²) in [4.78, 5) is 40.5. The zero-order chi connectivity index (χ0) is 22.8. The molecule has 1 aromatic heterocycles. The minimum atomic E-state index is -0.420. The van der Waals surface area contributed by atoms with Crippen molar-refractivity contribution in [3.05, 3.63) is 74.7 Å². The first-order valence-electron chi connectivity index (χ1n) is 10.6. The van der Waals surface area contributed by atoms with Crippen LogP contribution in [0.2, 0.25) is 0 Å². The van der Waals surface area contributed by atoms with Crippen LogP contribution in [0.25, 0.3) is 10.8 Å². The van der Waals surface area contributed by atoms with Gasteiger partial charge in [0, 0.05) is 55.9 Å². The normalized spacial score (nSPS) is 14.2. The van der Waals surface area contributed by atoms with Crippen molar-refractivity contribution < 1.29 is 9.72 Å². The maximum atomic E-state index is 13.4. The first-order chi connectivity index (χ1) is 15.3. The monoisotopic (exact) mass is 435 g/mol. The fourth-order valence-corrected chi connectivity index (χ4v) is 3.97. The Morgan fingerprint density at radius 1 is 1.03 bits per heavy atom. The molecule has 0 atom stereocenters. The summed E-state index contributed by atoms with van der Waals surface area (Å²) in [6.45, 7) is 6.65. The highest BCUT2D eigenvalue weighted by molar-refractivity contribution is 6.04. The molecule has 1 aliphatic heterocycles. The minimum Gasteiger partial charge on any atom is -0.368 e. The van der Waals surface area contributed by atoms with Crippen molar-refractivity contribution in [3.63, 3.8) is 0 Å². The molecular formula is C23H25N5O4. The van der Waals surface area contributed by atoms with E-state index >= 15 is 0 Å². The molecule has 1 aliphatic rings. The van der Waals surface area contributed by atoms with Gasteiger partial charge < -0.3 is 9.80 Å². The smallest absolute Gasteiger partial charge is 0.275 e. The van der Waals surface area contributed by atoms with E-state index in [0.29, 0.717) is 49.2 Å². The van der Waals surface area contributed by atoms with Crippen molar-refractivity contribution in [1.82, 2.24) is 14.7 Å². The second kappa shape index (κ2) is 8.78. The molecule has 4 rings (SSSR count). The predicted molar refractivity (Wildman–Crippen MR) is 122 cm³/mol. The zero-order valence-corrected chi connectivity index (χ0v) is 18.1. The highest BCUT2D eigenvalue weighted by Gasteiger charge is 2.26. The summed E-state index contributed by atoms with van der Waals surface area (Å²) < 4.78 is 1.40. The van der Waals surface area contributed by atoms with E-state index in [-0.39, 0.29) is 23.1 Å². The van der Waals surface area contributed by atoms with Crippen LogP contribution >= 0.6 is 0 Å². The summed E-state index contributed by atoms with van der Waals surface area (Å²) in [6.07, 6.45) is 0. The SMILES string of the molecule is CC(C)Cn1nc(C(=O)N2CCN(c3ccc([N+](=O)[O-])cc3)CC2)c2ccccc2c1=O. The lowest BCUT2D eigenvalue weighted by Gasteiger charge is -2.36. The van der Waals surface area contributed by atoms with E-state index in [4.69, 9.17) is 0 Å². The number of anilines is 1. The molecule has 166 valence electrons. The first kappa shape index (κ1) is 21.5. The lowest BCUT2D eigenvalue weighted by molar-refractivity contribution is -0.384. The fourth-order valence-electron chi connectivity index (χ4n) is 3.97. The minimum absolute atomic E-state index is 0.0528. The number of nitro benzene ring substituents is 1. The number of carbonyl (C=O) groups excluding carboxylic acids is 1. The van der Waals surface area contributed by atoms with E-state index in [2.05, 4.69) is 10.00 Å². The number of rotatable bonds is 5. The Hall–Kier alpha value is -3.75. The van der Waals surface area contributed by atoms with Crippen LogP contribution < -0.4 is 10.5 Å². The predicted octanol–water partition coefficient (Wildman–Crippen LogP) is 2.92. The third-order valence-corrected chi connectivity index (χ3v) is 5.60. The van der Waals surface area contributed by atoms with Gasteiger partial charge in [-0.25, -0.2) is 4.68 Å². The van der Waals surface area contributed by atoms with E-state index in [0.717, 1.165) is 5.69 Å². The Morgan fingerprint density at radius 2 is 1.66 bits per heavy atom. The third kappa shape index (κ3) is 4.18. The molecule has 2 heterocycles. The highest BCUT2D eigenvalue weighted by Crippen LogP contribution is 2.22. The van der Waals surface area contributed by atoms with Gasteiger partial charge in [-0.1, -0.05) is 32.0 Å². The van der Waals surface area contributed by atoms with Crippen LogP contribution in [0.4, 0.5) is 11.4 Å². The van der Waals surface area contributed by atoms with Crippen LogP contribution in [0.3, 0.4) is 0 Å². The molecular weight excluding hydrogens is 410 g/mol. The third-order valence-electron chi connectivity index (χ3n) is 5.60. The lowest BCUT2D eigenvalue weighted by Crippen LogP contribution is -2.49. The molecule has 0 aliphatic carbocycles. The van der Waals surface area contributed by atoms with Gasteiger partial charge in [0.2, 0.25) is 0 Å². The van der Waals surface area contributed by atoms with Crippen LogP contribution in [0.5, 0.6) is 0 Å². The number of nitro groups is 1. The van der Waals surface area contributed by atoms with Gasteiger partial charge in [0.15, 0.2) is 5.69 Å². The van der Waals surface area contributed by atoms with Gasteiger partial charge in [-0.3, -0.25) is 19.7 Å². The molecule has 0 saturated carbocycles. The van der Waals surface area contributed by atoms with Crippen molar-refractivity contribution in [2.75, 3.05) is 31.1 Å². The number of hydrogen-bond donors (Lipinski definition) is 0. The van der Waals surface area contributed by atoms with Crippen molar-refractivity contribution in [3.8, 4) is 0 Å². The van der Waals surface area contributed by atoms with Crippen molar-refractivity contribution in [2.24, 2.45) is 5.92 Å². The number of nitrogens with zero attached hydrogens (tertiary/aromatic N) is 5. The van der Waals surface area contributed by atoms with Gasteiger partial charge in [0.1, 0.15) is 0 Å². The maximum absolute atomic E-state index is 13.4. The number of hydrogen-bond acceptors (Lipinski definition) is 6. The van der Waals surface area contributed by atoms with Crippen molar-refractivity contribution in [2.45, 2.75) is 20.4 Å². The van der Waals surface area contributed by atoms with Gasteiger partial charge >= 0.3 is 0 Å². The van der Waals surface area contributed by atoms with E-state index < -0.39 is 4.92 Å². The van der Waals surface area contributed by atoms with Crippen molar-refractivity contribution in [1.29, 1.82) is 0 Å². The largest absolute Gasteiger partial charge is 0.368 e. The van der Waals surface area contributed by atoms with Crippen LogP contribution in [0.1, 0.15) is 24.3 Å². The lowest BCUT2D eigenvalue weighted by atomic mass is 10.1. The van der Waals surface area contributed by atoms with Crippen LogP contribution in [0, 0.1) is 16.0 Å². The summed E-state index contributed by atoms with van der Waals surface area (Å²) in [6, 6.07) is 13.5. The molecule has 2 aromatic carbocycles. The van der Waals surface area contributed by atoms with Crippen LogP contribution in [-0.4, -0.2) is 51.7 Å². The fraction of sp³-hybridized carbons (Fsp3) is 0.348. The number of non-ortho nitro benzene ring substituents is 1. The number of piperazine rings is 1. The van der Waals surface area contributed by atoms with Gasteiger partial charge in [0.25, 0.3) is 17.2 Å². The second-order valence-electron chi connectivity index (χ2n) is 8.33. The zero-order valence-electron chi connectivity index (χ0n) is 18.1. The average molecular weight is 435 g/mol. The van der Waals surface area contributed by atoms with Crippen LogP contribution in [-0.2, 0) is 6.54 Å². The molecule has 3 aromatic rings. The molecule has 1 saturated heterocycles. The number of benzene rings is 2. The Balaban J connectivity index is 1.56. The summed E-state index contributed by atoms with van der Waals surface area (Å²) in [7, 11) is 0. The molecule has 0 radical (unpaired) electrons. The highest BCUT2D eigenvalue weighted by atomic mass is 16.6. The molecule has 0 N–H and O–H groups in total. The molecule has 1 amide bonds. The molecule has 0 spiro atoms. The van der Waals surface area contributed by atoms with E-state index in [1.807, 2.05) is 13.8 Å². The average Bonchev–Trinajstić information content (AvgIpc) is 2.80. The van der Waals surface area contributed by atoms with Gasteiger partial charge in [0.05, 0.1) is 10.3 Å². The van der Waals surface area contributed by atoms with E-state index in [1.54, 1.807) is 41.3 Å². The Labute approximate surface area is 185 Å². The van der Waals surface area contributed by atoms with E-state index in [1.165, 1.54) is 16.8 Å². The summed E-state index contributed by atoms with van der Waals surface area (Å²) in [5.74, 6) is 0.0246. The first-order valence-corrected chi connectivity index (χ1v) is 10.6. The van der Waals surface area contributed by atoms with Crippen molar-refractivity contribution >= 4 is 28.1 Å². The number of aromatic nitrogens is 2. The summed E-state index contributed by atoms with van der Waals surface area (Å²) in [5, 5.41) is 16.4. The Morgan fingerprint density at radius 3 is 2.25 bits per heavy atom. The topological polar surface area (TPSA) is 102 Å². The summed E-state index contributed by atoms with van der Waals surface area (Å²) in [5.41, 5.74) is 1.05. The molecule has 9 nitrogen and oxygen atoms in total. The molecule has 0 unspecified atom stereocenters. The van der Waals surface area contributed by atoms with Gasteiger partial charge in [-0.05, 0) is 24.1 Å². The second-order valence-corrected chi connectivity index (χ2v) is 8.33. The number of carbonyl (C=O) groups is 1. The van der Waals surface area contributed by atoms with Gasteiger partial charge in [-0.15, -0.1) is 0 Å². The molecule has 32 heavy (non-hydrogen) atoms. The maximum Gasteiger partial charge on any atom is 0.275 e. The van der Waals surface area contributed by atoms with Crippen LogP contribution in [0.15, 0.2) is 53.3 Å². The standard InChI is InChI=1S/C23H25N5O4/c1-16(2)15-27-22(29)20-6-4-3-5-19(20)21(24-27)23(30)26-13-11-25(12-14-26)17-7-9-18(10-8-17)28(31)32/h3-10,16H,11-15H2,1-2H3. The molecule has 9 heteroatoms. The number of fused-ring (bicyclic) bond motifs is 1. The Bertz CT molecular complexity index is 1210. The quantitative estimate of drug-likeness (QED) is 0.451. The summed E-state index contributed by atoms with van der Waals surface area (Å²) >= 11 is 0.